The summed E-state index contributed by atoms with van der Waals surface area (Å²) in [5, 5.41) is 17.8. The second-order valence-corrected chi connectivity index (χ2v) is 2.91. The lowest BCUT2D eigenvalue weighted by atomic mass is 10.2. The molecular weight excluding hydrogens is 162 g/mol. The summed E-state index contributed by atoms with van der Waals surface area (Å²) < 4.78 is 0. The molecule has 1 saturated heterocycles. The normalized spacial score (nSPS) is 29.0. The van der Waals surface area contributed by atoms with Gasteiger partial charge >= 0.3 is 5.97 Å². The summed E-state index contributed by atoms with van der Waals surface area (Å²) in [5.41, 5.74) is 0. The lowest BCUT2D eigenvalue weighted by Gasteiger charge is -2.18. The highest BCUT2D eigenvalue weighted by atomic mass is 16.4. The maximum absolute atomic E-state index is 10.9. The summed E-state index contributed by atoms with van der Waals surface area (Å²) in [6.07, 6.45) is -0.565. The van der Waals surface area contributed by atoms with Crippen molar-refractivity contribution in [2.24, 2.45) is 0 Å². The number of aliphatic hydroxyl groups excluding tert-OH is 1. The molecule has 0 aromatic carbocycles. The van der Waals surface area contributed by atoms with E-state index in [0.717, 1.165) is 0 Å². The average molecular weight is 173 g/mol. The van der Waals surface area contributed by atoms with Crippen LogP contribution in [0.25, 0.3) is 0 Å². The van der Waals surface area contributed by atoms with Crippen LogP contribution in [0.1, 0.15) is 13.3 Å². The number of hydrogen-bond donors (Lipinski definition) is 2. The molecular formula is C7H11NO4. The first-order valence-corrected chi connectivity index (χ1v) is 3.70. The van der Waals surface area contributed by atoms with Gasteiger partial charge < -0.3 is 15.1 Å². The van der Waals surface area contributed by atoms with Gasteiger partial charge in [0.25, 0.3) is 0 Å². The third-order valence-electron chi connectivity index (χ3n) is 1.97. The Morgan fingerprint density at radius 3 is 2.42 bits per heavy atom. The summed E-state index contributed by atoms with van der Waals surface area (Å²) in [6, 6.07) is -0.850. The third kappa shape index (κ3) is 1.55. The fraction of sp³-hybridized carbons (Fsp3) is 0.714. The van der Waals surface area contributed by atoms with Crippen molar-refractivity contribution in [3.05, 3.63) is 0 Å². The van der Waals surface area contributed by atoms with Crippen LogP contribution in [-0.4, -0.2) is 45.7 Å². The first-order chi connectivity index (χ1) is 5.52. The fourth-order valence-electron chi connectivity index (χ4n) is 1.40. The summed E-state index contributed by atoms with van der Waals surface area (Å²) in [6.45, 7) is 1.43. The van der Waals surface area contributed by atoms with Crippen LogP contribution in [0.3, 0.4) is 0 Å². The molecule has 0 unspecified atom stereocenters. The topological polar surface area (TPSA) is 77.8 Å². The predicted molar refractivity (Wildman–Crippen MR) is 39.4 cm³/mol. The van der Waals surface area contributed by atoms with Gasteiger partial charge in [-0.25, -0.2) is 4.79 Å². The number of carbonyl (C=O) groups excluding carboxylic acids is 1. The molecule has 1 amide bonds. The number of carboxylic acids is 1. The maximum Gasteiger partial charge on any atom is 0.326 e. The summed E-state index contributed by atoms with van der Waals surface area (Å²) in [4.78, 5) is 22.6. The van der Waals surface area contributed by atoms with Gasteiger partial charge in [0.15, 0.2) is 0 Å². The molecule has 2 atom stereocenters. The van der Waals surface area contributed by atoms with Crippen molar-refractivity contribution in [1.29, 1.82) is 0 Å². The van der Waals surface area contributed by atoms with Gasteiger partial charge in [-0.1, -0.05) is 0 Å². The van der Waals surface area contributed by atoms with E-state index < -0.39 is 18.1 Å². The summed E-state index contributed by atoms with van der Waals surface area (Å²) in [7, 11) is 0. The predicted octanol–water partition coefficient (Wildman–Crippen LogP) is -0.947. The van der Waals surface area contributed by atoms with E-state index in [-0.39, 0.29) is 18.9 Å². The van der Waals surface area contributed by atoms with Gasteiger partial charge in [-0.15, -0.1) is 0 Å². The van der Waals surface area contributed by atoms with E-state index in [1.807, 2.05) is 0 Å². The smallest absolute Gasteiger partial charge is 0.326 e. The standard InChI is InChI=1S/C7H11NO4/c1-4(9)8-3-5(10)2-6(8)7(11)12/h5-6,10H,2-3H2,1H3,(H,11,12)/t5-,6+/m0/s1. The molecule has 2 N–H and O–H groups in total. The lowest BCUT2D eigenvalue weighted by Crippen LogP contribution is -2.39. The van der Waals surface area contributed by atoms with E-state index in [9.17, 15) is 9.59 Å². The molecule has 12 heavy (non-hydrogen) atoms. The van der Waals surface area contributed by atoms with Crippen LogP contribution in [0, 0.1) is 0 Å². The van der Waals surface area contributed by atoms with Gasteiger partial charge in [0.1, 0.15) is 6.04 Å². The number of β-amino-alcohol motifs (C(OH)–C–C–N with tert-alkyl or cyclic N) is 1. The Kier molecular flexibility index (Phi) is 2.32. The zero-order chi connectivity index (χ0) is 9.30. The molecule has 0 bridgehead atoms. The molecule has 1 rings (SSSR count). The number of hydrogen-bond acceptors (Lipinski definition) is 3. The van der Waals surface area contributed by atoms with Crippen LogP contribution < -0.4 is 0 Å². The largest absolute Gasteiger partial charge is 0.480 e. The first-order valence-electron chi connectivity index (χ1n) is 3.70. The Bertz CT molecular complexity index is 193. The Labute approximate surface area is 69.6 Å². The SMILES string of the molecule is CC(=O)N1C[C@@H](O)C[C@@H]1C(=O)O. The molecule has 1 heterocycles. The number of carboxylic acid groups (broad SMARTS) is 1. The van der Waals surface area contributed by atoms with Gasteiger partial charge in [-0.2, -0.15) is 0 Å². The van der Waals surface area contributed by atoms with Crippen LogP contribution in [0.5, 0.6) is 0 Å². The summed E-state index contributed by atoms with van der Waals surface area (Å²) in [5.74, 6) is -1.36. The fourth-order valence-corrected chi connectivity index (χ4v) is 1.40. The molecule has 68 valence electrons. The van der Waals surface area contributed by atoms with E-state index in [4.69, 9.17) is 10.2 Å². The molecule has 5 heteroatoms. The highest BCUT2D eigenvalue weighted by Crippen LogP contribution is 2.17. The first kappa shape index (κ1) is 8.99. The Balaban J connectivity index is 2.72. The van der Waals surface area contributed by atoms with E-state index in [0.29, 0.717) is 0 Å². The number of amides is 1. The quantitative estimate of drug-likeness (QED) is 0.536. The van der Waals surface area contributed by atoms with Crippen molar-refractivity contribution in [1.82, 2.24) is 4.90 Å². The molecule has 0 aromatic heterocycles. The Morgan fingerprint density at radius 2 is 2.08 bits per heavy atom. The molecule has 0 spiro atoms. The summed E-state index contributed by atoms with van der Waals surface area (Å²) >= 11 is 0. The average Bonchev–Trinajstić information content (AvgIpc) is 2.31. The van der Waals surface area contributed by atoms with Crippen LogP contribution in [0.2, 0.25) is 0 Å². The van der Waals surface area contributed by atoms with Crippen molar-refractivity contribution in [3.8, 4) is 0 Å². The zero-order valence-corrected chi connectivity index (χ0v) is 6.73. The van der Waals surface area contributed by atoms with Crippen molar-refractivity contribution in [2.75, 3.05) is 6.54 Å². The number of aliphatic hydroxyl groups is 1. The van der Waals surface area contributed by atoms with Crippen LogP contribution in [-0.2, 0) is 9.59 Å². The van der Waals surface area contributed by atoms with E-state index in [2.05, 4.69) is 0 Å². The molecule has 0 radical (unpaired) electrons. The number of aliphatic carboxylic acids is 1. The second kappa shape index (κ2) is 3.10. The van der Waals surface area contributed by atoms with E-state index in [1.54, 1.807) is 0 Å². The molecule has 1 aliphatic heterocycles. The number of rotatable bonds is 1. The van der Waals surface area contributed by atoms with Crippen molar-refractivity contribution in [2.45, 2.75) is 25.5 Å². The molecule has 0 aromatic rings. The van der Waals surface area contributed by atoms with E-state index >= 15 is 0 Å². The lowest BCUT2D eigenvalue weighted by molar-refractivity contribution is -0.147. The third-order valence-corrected chi connectivity index (χ3v) is 1.97. The molecule has 0 aliphatic carbocycles. The molecule has 1 aliphatic rings. The van der Waals surface area contributed by atoms with Crippen molar-refractivity contribution < 1.29 is 19.8 Å². The minimum Gasteiger partial charge on any atom is -0.480 e. The van der Waals surface area contributed by atoms with Gasteiger partial charge in [0, 0.05) is 19.9 Å². The minimum absolute atomic E-state index is 0.131. The second-order valence-electron chi connectivity index (χ2n) is 2.91. The van der Waals surface area contributed by atoms with Gasteiger partial charge in [0.2, 0.25) is 5.91 Å². The number of likely N-dealkylation sites (tertiary alicyclic amines) is 1. The van der Waals surface area contributed by atoms with Gasteiger partial charge in [-0.3, -0.25) is 4.79 Å². The Hall–Kier alpha value is -1.10. The number of carbonyl (C=O) groups is 2. The van der Waals surface area contributed by atoms with Crippen LogP contribution in [0.4, 0.5) is 0 Å². The van der Waals surface area contributed by atoms with Crippen molar-refractivity contribution >= 4 is 11.9 Å². The van der Waals surface area contributed by atoms with Gasteiger partial charge in [0.05, 0.1) is 6.10 Å². The highest BCUT2D eigenvalue weighted by molar-refractivity contribution is 5.83. The van der Waals surface area contributed by atoms with Crippen molar-refractivity contribution in [3.63, 3.8) is 0 Å². The monoisotopic (exact) mass is 173 g/mol. The van der Waals surface area contributed by atoms with E-state index in [1.165, 1.54) is 11.8 Å². The number of nitrogens with zero attached hydrogens (tertiary/aromatic N) is 1. The van der Waals surface area contributed by atoms with Crippen LogP contribution in [0.15, 0.2) is 0 Å². The van der Waals surface area contributed by atoms with Crippen LogP contribution >= 0.6 is 0 Å². The zero-order valence-electron chi connectivity index (χ0n) is 6.73. The molecule has 5 nitrogen and oxygen atoms in total. The maximum atomic E-state index is 10.9. The minimum atomic E-state index is -1.05. The van der Waals surface area contributed by atoms with Gasteiger partial charge in [-0.05, 0) is 0 Å². The molecule has 0 saturated carbocycles. The highest BCUT2D eigenvalue weighted by Gasteiger charge is 2.37. The Morgan fingerprint density at radius 1 is 1.50 bits per heavy atom. The molecule has 1 fully saturated rings.